The molecule has 0 radical (unpaired) electrons. The standard InChI is InChI=1S/C42H44O4/c1-5-9-11-23(7-3)21-33-39(43)29-17-13-25-27-15-19-31-38-32(42(46)34(41(31)45)22-24(8-4)12-10-6-2)20-16-28(36(27)38)26-14-18-30(40(33)44)37(29)35(25)26/h13-20,23-24,43,46H,5-12,21-22H2,1-4H3. The Bertz CT molecular complexity index is 1940. The second-order valence-electron chi connectivity index (χ2n) is 13.7. The molecule has 0 bridgehead atoms. The fourth-order valence-electron chi connectivity index (χ4n) is 8.37. The first kappa shape index (κ1) is 30.5. The number of benzene rings is 5. The Labute approximate surface area is 271 Å². The summed E-state index contributed by atoms with van der Waals surface area (Å²) < 4.78 is 0. The van der Waals surface area contributed by atoms with Crippen molar-refractivity contribution < 1.29 is 19.8 Å². The maximum Gasteiger partial charge on any atom is 0.193 e. The molecule has 7 rings (SSSR count). The third kappa shape index (κ3) is 4.47. The molecular formula is C42H44O4. The number of aliphatic hydroxyl groups excluding tert-OH is 2. The smallest absolute Gasteiger partial charge is 0.193 e. The largest absolute Gasteiger partial charge is 0.507 e. The molecular weight excluding hydrogens is 568 g/mol. The van der Waals surface area contributed by atoms with Crippen molar-refractivity contribution in [1.82, 2.24) is 0 Å². The Hall–Kier alpha value is -4.18. The van der Waals surface area contributed by atoms with Crippen molar-refractivity contribution in [2.24, 2.45) is 11.8 Å². The van der Waals surface area contributed by atoms with Gasteiger partial charge in [-0.25, -0.2) is 0 Å². The lowest BCUT2D eigenvalue weighted by molar-refractivity contribution is 0.101. The van der Waals surface area contributed by atoms with Crippen LogP contribution in [-0.2, 0) is 0 Å². The van der Waals surface area contributed by atoms with Crippen LogP contribution in [0, 0.1) is 11.8 Å². The zero-order chi connectivity index (χ0) is 32.3. The van der Waals surface area contributed by atoms with Crippen LogP contribution >= 0.6 is 0 Å². The van der Waals surface area contributed by atoms with Crippen LogP contribution in [0.3, 0.4) is 0 Å². The van der Waals surface area contributed by atoms with Crippen molar-refractivity contribution in [2.75, 3.05) is 0 Å². The molecule has 46 heavy (non-hydrogen) atoms. The quantitative estimate of drug-likeness (QED) is 0.109. The molecule has 2 atom stereocenters. The first-order valence-corrected chi connectivity index (χ1v) is 17.5. The highest BCUT2D eigenvalue weighted by atomic mass is 16.3. The normalized spacial score (nSPS) is 16.2. The molecule has 5 aromatic carbocycles. The fourth-order valence-corrected chi connectivity index (χ4v) is 8.37. The Morgan fingerprint density at radius 2 is 0.848 bits per heavy atom. The van der Waals surface area contributed by atoms with E-state index < -0.39 is 0 Å². The van der Waals surface area contributed by atoms with Gasteiger partial charge in [-0.3, -0.25) is 9.59 Å². The molecule has 2 aliphatic carbocycles. The highest BCUT2D eigenvalue weighted by molar-refractivity contribution is 6.40. The predicted octanol–water partition coefficient (Wildman–Crippen LogP) is 11.9. The summed E-state index contributed by atoms with van der Waals surface area (Å²) in [4.78, 5) is 28.0. The van der Waals surface area contributed by atoms with Gasteiger partial charge in [-0.05, 0) is 81.3 Å². The van der Waals surface area contributed by atoms with Crippen LogP contribution in [0.2, 0.25) is 0 Å². The molecule has 0 heterocycles. The molecule has 0 aliphatic heterocycles. The van der Waals surface area contributed by atoms with Crippen LogP contribution < -0.4 is 0 Å². The van der Waals surface area contributed by atoms with Crippen LogP contribution in [0.25, 0.3) is 54.6 Å². The summed E-state index contributed by atoms with van der Waals surface area (Å²) in [5.74, 6) is 0.809. The number of carbonyl (C=O) groups excluding carboxylic acids is 2. The van der Waals surface area contributed by atoms with Crippen molar-refractivity contribution in [3.05, 3.63) is 81.9 Å². The Morgan fingerprint density at radius 3 is 1.17 bits per heavy atom. The van der Waals surface area contributed by atoms with E-state index in [1.54, 1.807) is 0 Å². The number of unbranched alkanes of at least 4 members (excludes halogenated alkanes) is 2. The second kappa shape index (κ2) is 11.9. The molecule has 0 saturated carbocycles. The van der Waals surface area contributed by atoms with E-state index in [1.807, 2.05) is 36.4 Å². The van der Waals surface area contributed by atoms with Crippen LogP contribution in [-0.4, -0.2) is 21.8 Å². The third-order valence-electron chi connectivity index (χ3n) is 11.1. The summed E-state index contributed by atoms with van der Waals surface area (Å²) in [7, 11) is 0. The number of fused-ring (bicyclic) bond motifs is 2. The van der Waals surface area contributed by atoms with E-state index in [-0.39, 0.29) is 23.1 Å². The SMILES string of the molecule is CCCCC(CC)CC1=C(O)c2ccc3c4ccc5c6c(ccc(c7ccc(c2c73)C1=O)c64)C(O)=C(CC(CC)CCCC)C5=O. The lowest BCUT2D eigenvalue weighted by Crippen LogP contribution is -2.17. The first-order valence-electron chi connectivity index (χ1n) is 17.5. The summed E-state index contributed by atoms with van der Waals surface area (Å²) >= 11 is 0. The van der Waals surface area contributed by atoms with Gasteiger partial charge in [0.25, 0.3) is 0 Å². The van der Waals surface area contributed by atoms with Gasteiger partial charge < -0.3 is 10.2 Å². The molecule has 2 unspecified atom stereocenters. The van der Waals surface area contributed by atoms with Gasteiger partial charge in [0.2, 0.25) is 0 Å². The van der Waals surface area contributed by atoms with Gasteiger partial charge >= 0.3 is 0 Å². The minimum Gasteiger partial charge on any atom is -0.507 e. The highest BCUT2D eigenvalue weighted by Crippen LogP contribution is 2.49. The topological polar surface area (TPSA) is 74.6 Å². The van der Waals surface area contributed by atoms with Crippen molar-refractivity contribution in [3.8, 4) is 0 Å². The van der Waals surface area contributed by atoms with Gasteiger partial charge in [0, 0.05) is 44.2 Å². The number of ketones is 2. The number of hydrogen-bond acceptors (Lipinski definition) is 4. The second-order valence-corrected chi connectivity index (χ2v) is 13.7. The Balaban J connectivity index is 1.43. The summed E-state index contributed by atoms with van der Waals surface area (Å²) in [6.45, 7) is 8.70. The lowest BCUT2D eigenvalue weighted by Gasteiger charge is -2.26. The van der Waals surface area contributed by atoms with E-state index in [9.17, 15) is 19.8 Å². The molecule has 0 amide bonds. The van der Waals surface area contributed by atoms with Crippen LogP contribution in [0.15, 0.2) is 59.7 Å². The van der Waals surface area contributed by atoms with Gasteiger partial charge in [-0.1, -0.05) is 103 Å². The summed E-state index contributed by atoms with van der Waals surface area (Å²) in [6, 6.07) is 16.0. The number of Topliss-reactive ketones (excluding diaryl/α,β-unsaturated/α-hetero) is 2. The van der Waals surface area contributed by atoms with Crippen molar-refractivity contribution in [1.29, 1.82) is 0 Å². The van der Waals surface area contributed by atoms with E-state index in [1.165, 1.54) is 0 Å². The first-order chi connectivity index (χ1) is 22.3. The average molecular weight is 613 g/mol. The molecule has 0 spiro atoms. The van der Waals surface area contributed by atoms with E-state index in [0.29, 0.717) is 47.0 Å². The lowest BCUT2D eigenvalue weighted by atomic mass is 9.77. The third-order valence-corrected chi connectivity index (χ3v) is 11.1. The molecule has 2 aliphatic rings. The van der Waals surface area contributed by atoms with Gasteiger partial charge in [-0.2, -0.15) is 0 Å². The summed E-state index contributed by atoms with van der Waals surface area (Å²) in [5, 5.41) is 30.7. The average Bonchev–Trinajstić information content (AvgIpc) is 3.08. The molecule has 4 heteroatoms. The molecule has 0 fully saturated rings. The van der Waals surface area contributed by atoms with E-state index in [4.69, 9.17) is 0 Å². The predicted molar refractivity (Wildman–Crippen MR) is 191 cm³/mol. The monoisotopic (exact) mass is 612 g/mol. The summed E-state index contributed by atoms with van der Waals surface area (Å²) in [5.41, 5.74) is 3.81. The van der Waals surface area contributed by atoms with Gasteiger partial charge in [0.1, 0.15) is 11.5 Å². The van der Waals surface area contributed by atoms with Gasteiger partial charge in [-0.15, -0.1) is 0 Å². The van der Waals surface area contributed by atoms with Crippen LogP contribution in [0.4, 0.5) is 0 Å². The number of carbonyl (C=O) groups is 2. The minimum atomic E-state index is -0.0720. The number of aliphatic hydroxyl groups is 2. The molecule has 2 N–H and O–H groups in total. The van der Waals surface area contributed by atoms with E-state index in [0.717, 1.165) is 106 Å². The summed E-state index contributed by atoms with van der Waals surface area (Å²) in [6.07, 6.45) is 9.69. The molecule has 236 valence electrons. The Kier molecular flexibility index (Phi) is 7.87. The molecule has 4 nitrogen and oxygen atoms in total. The highest BCUT2D eigenvalue weighted by Gasteiger charge is 2.33. The molecule has 0 saturated heterocycles. The van der Waals surface area contributed by atoms with E-state index >= 15 is 0 Å². The maximum atomic E-state index is 14.0. The zero-order valence-corrected chi connectivity index (χ0v) is 27.6. The molecule has 5 aromatic rings. The fraction of sp³-hybridized carbons (Fsp3) is 0.381. The van der Waals surface area contributed by atoms with E-state index in [2.05, 4.69) is 39.8 Å². The Morgan fingerprint density at radius 1 is 0.500 bits per heavy atom. The zero-order valence-electron chi connectivity index (χ0n) is 27.6. The van der Waals surface area contributed by atoms with Crippen molar-refractivity contribution in [3.63, 3.8) is 0 Å². The van der Waals surface area contributed by atoms with Crippen molar-refractivity contribution >= 4 is 66.2 Å². The van der Waals surface area contributed by atoms with Crippen LogP contribution in [0.1, 0.15) is 124 Å². The number of allylic oxidation sites excluding steroid dienone is 2. The van der Waals surface area contributed by atoms with Crippen molar-refractivity contribution in [2.45, 2.75) is 91.9 Å². The van der Waals surface area contributed by atoms with Crippen LogP contribution in [0.5, 0.6) is 0 Å². The van der Waals surface area contributed by atoms with Gasteiger partial charge in [0.05, 0.1) is 0 Å². The van der Waals surface area contributed by atoms with Gasteiger partial charge in [0.15, 0.2) is 11.6 Å². The maximum absolute atomic E-state index is 14.0. The minimum absolute atomic E-state index is 0.0720. The number of rotatable bonds is 12. The number of hydrogen-bond donors (Lipinski definition) is 2. The molecule has 0 aromatic heterocycles.